The Morgan fingerprint density at radius 3 is 2.74 bits per heavy atom. The molecule has 0 unspecified atom stereocenters. The van der Waals surface area contributed by atoms with E-state index in [0.717, 1.165) is 16.3 Å². The molecule has 0 spiro atoms. The van der Waals surface area contributed by atoms with Crippen LogP contribution in [0.2, 0.25) is 10.0 Å². The van der Waals surface area contributed by atoms with Gasteiger partial charge in [0.05, 0.1) is 17.1 Å². The molecule has 0 saturated heterocycles. The minimum absolute atomic E-state index is 0.0269. The van der Waals surface area contributed by atoms with Crippen LogP contribution in [0.3, 0.4) is 0 Å². The van der Waals surface area contributed by atoms with Crippen molar-refractivity contribution in [2.45, 2.75) is 6.42 Å². The van der Waals surface area contributed by atoms with Gasteiger partial charge in [-0.1, -0.05) is 23.2 Å². The van der Waals surface area contributed by atoms with E-state index < -0.39 is 0 Å². The highest BCUT2D eigenvalue weighted by Gasteiger charge is 2.12. The topological polar surface area (TPSA) is 33.2 Å². The fraction of sp³-hybridized carbons (Fsp3) is 0.231. The zero-order valence-corrected chi connectivity index (χ0v) is 12.8. The number of aromatic nitrogens is 1. The molecule has 0 N–H and O–H groups in total. The first-order chi connectivity index (χ1) is 8.97. The highest BCUT2D eigenvalue weighted by atomic mass is 35.5. The Bertz CT molecular complexity index is 610. The third kappa shape index (κ3) is 3.47. The van der Waals surface area contributed by atoms with Crippen molar-refractivity contribution in [3.05, 3.63) is 39.3 Å². The largest absolute Gasteiger partial charge is 0.348 e. The monoisotopic (exact) mass is 314 g/mol. The number of likely N-dealkylation sites (N-methyl/N-ethyl adjacent to an activating group) is 1. The lowest BCUT2D eigenvalue weighted by Gasteiger charge is -2.08. The molecule has 2 rings (SSSR count). The summed E-state index contributed by atoms with van der Waals surface area (Å²) < 4.78 is 0. The average molecular weight is 315 g/mol. The average Bonchev–Trinajstić information content (AvgIpc) is 2.77. The zero-order chi connectivity index (χ0) is 14.0. The first kappa shape index (κ1) is 14.3. The summed E-state index contributed by atoms with van der Waals surface area (Å²) in [5.41, 5.74) is 1.59. The van der Waals surface area contributed by atoms with Gasteiger partial charge in [0.25, 0.3) is 0 Å². The van der Waals surface area contributed by atoms with Crippen LogP contribution >= 0.6 is 34.5 Å². The van der Waals surface area contributed by atoms with Gasteiger partial charge in [-0.15, -0.1) is 11.3 Å². The minimum atomic E-state index is 0.0269. The Morgan fingerprint density at radius 1 is 1.37 bits per heavy atom. The Labute approximate surface area is 125 Å². The van der Waals surface area contributed by atoms with Crippen molar-refractivity contribution in [1.82, 2.24) is 9.88 Å². The van der Waals surface area contributed by atoms with Crippen LogP contribution in [0.5, 0.6) is 0 Å². The molecule has 100 valence electrons. The van der Waals surface area contributed by atoms with Gasteiger partial charge in [-0.3, -0.25) is 4.79 Å². The number of carbonyl (C=O) groups excluding carboxylic acids is 1. The molecule has 0 bridgehead atoms. The second-order valence-corrected chi connectivity index (χ2v) is 5.93. The summed E-state index contributed by atoms with van der Waals surface area (Å²) >= 11 is 13.5. The first-order valence-corrected chi connectivity index (χ1v) is 7.21. The molecule has 1 amide bonds. The van der Waals surface area contributed by atoms with Gasteiger partial charge in [-0.05, 0) is 18.2 Å². The van der Waals surface area contributed by atoms with E-state index in [1.807, 2.05) is 11.4 Å². The fourth-order valence-corrected chi connectivity index (χ4v) is 2.90. The number of benzene rings is 1. The lowest BCUT2D eigenvalue weighted by molar-refractivity contribution is -0.128. The number of hydrogen-bond acceptors (Lipinski definition) is 3. The van der Waals surface area contributed by atoms with Gasteiger partial charge >= 0.3 is 0 Å². The summed E-state index contributed by atoms with van der Waals surface area (Å²) in [6, 6.07) is 5.29. The predicted octanol–water partition coefficient (Wildman–Crippen LogP) is 3.75. The van der Waals surface area contributed by atoms with Crippen molar-refractivity contribution in [3.63, 3.8) is 0 Å². The van der Waals surface area contributed by atoms with Crippen LogP contribution in [-0.2, 0) is 11.2 Å². The lowest BCUT2D eigenvalue weighted by atomic mass is 10.2. The molecular weight excluding hydrogens is 303 g/mol. The van der Waals surface area contributed by atoms with Gasteiger partial charge in [0, 0.05) is 30.1 Å². The standard InChI is InChI=1S/C13H12Cl2N2OS/c1-17(2)12(18)6-9-7-19-13(16-9)10-4-3-8(14)5-11(10)15/h3-5,7H,6H2,1-2H3. The van der Waals surface area contributed by atoms with E-state index in [4.69, 9.17) is 23.2 Å². The van der Waals surface area contributed by atoms with E-state index in [0.29, 0.717) is 16.5 Å². The van der Waals surface area contributed by atoms with Crippen LogP contribution in [0, 0.1) is 0 Å². The van der Waals surface area contributed by atoms with Crippen molar-refractivity contribution in [2.24, 2.45) is 0 Å². The smallest absolute Gasteiger partial charge is 0.228 e. The maximum atomic E-state index is 11.6. The van der Waals surface area contributed by atoms with E-state index in [9.17, 15) is 4.79 Å². The number of thiazole rings is 1. The number of nitrogens with zero attached hydrogens (tertiary/aromatic N) is 2. The maximum Gasteiger partial charge on any atom is 0.228 e. The van der Waals surface area contributed by atoms with Crippen LogP contribution < -0.4 is 0 Å². The van der Waals surface area contributed by atoms with Crippen LogP contribution in [0.25, 0.3) is 10.6 Å². The molecule has 0 aliphatic heterocycles. The Balaban J connectivity index is 2.23. The number of rotatable bonds is 3. The van der Waals surface area contributed by atoms with Gasteiger partial charge in [-0.2, -0.15) is 0 Å². The highest BCUT2D eigenvalue weighted by molar-refractivity contribution is 7.13. The summed E-state index contributed by atoms with van der Waals surface area (Å²) in [5, 5.41) is 3.82. The zero-order valence-electron chi connectivity index (χ0n) is 10.5. The minimum Gasteiger partial charge on any atom is -0.348 e. The lowest BCUT2D eigenvalue weighted by Crippen LogP contribution is -2.23. The van der Waals surface area contributed by atoms with Crippen LogP contribution in [0.1, 0.15) is 5.69 Å². The van der Waals surface area contributed by atoms with E-state index >= 15 is 0 Å². The van der Waals surface area contributed by atoms with E-state index in [1.54, 1.807) is 31.1 Å². The molecule has 0 radical (unpaired) electrons. The van der Waals surface area contributed by atoms with E-state index in [-0.39, 0.29) is 5.91 Å². The molecule has 0 aliphatic rings. The molecule has 1 aromatic heterocycles. The second kappa shape index (κ2) is 5.90. The SMILES string of the molecule is CN(C)C(=O)Cc1csc(-c2ccc(Cl)cc2Cl)n1. The summed E-state index contributed by atoms with van der Waals surface area (Å²) in [5.74, 6) is 0.0269. The second-order valence-electron chi connectivity index (χ2n) is 4.23. The van der Waals surface area contributed by atoms with Gasteiger partial charge in [0.1, 0.15) is 5.01 Å². The van der Waals surface area contributed by atoms with E-state index in [2.05, 4.69) is 4.98 Å². The first-order valence-electron chi connectivity index (χ1n) is 5.57. The normalized spacial score (nSPS) is 10.5. The van der Waals surface area contributed by atoms with Crippen molar-refractivity contribution < 1.29 is 4.79 Å². The Hall–Kier alpha value is -1.10. The molecule has 1 aromatic carbocycles. The molecule has 0 fully saturated rings. The molecule has 0 saturated carbocycles. The third-order valence-electron chi connectivity index (χ3n) is 2.54. The van der Waals surface area contributed by atoms with Crippen LogP contribution in [-0.4, -0.2) is 29.9 Å². The molecule has 2 aromatic rings. The van der Waals surface area contributed by atoms with Crippen LogP contribution in [0.15, 0.2) is 23.6 Å². The Morgan fingerprint density at radius 2 is 2.11 bits per heavy atom. The molecule has 1 heterocycles. The van der Waals surface area contributed by atoms with Gasteiger partial charge in [-0.25, -0.2) is 4.98 Å². The summed E-state index contributed by atoms with van der Waals surface area (Å²) in [4.78, 5) is 17.6. The van der Waals surface area contributed by atoms with Gasteiger partial charge < -0.3 is 4.90 Å². The molecule has 0 aliphatic carbocycles. The quantitative estimate of drug-likeness (QED) is 0.864. The molecule has 19 heavy (non-hydrogen) atoms. The number of amides is 1. The number of carbonyl (C=O) groups is 1. The number of hydrogen-bond donors (Lipinski definition) is 0. The van der Waals surface area contributed by atoms with Crippen molar-refractivity contribution in [1.29, 1.82) is 0 Å². The highest BCUT2D eigenvalue weighted by Crippen LogP contribution is 2.32. The van der Waals surface area contributed by atoms with Crippen molar-refractivity contribution in [2.75, 3.05) is 14.1 Å². The molecule has 6 heteroatoms. The van der Waals surface area contributed by atoms with Crippen LogP contribution in [0.4, 0.5) is 0 Å². The molecular formula is C13H12Cl2N2OS. The van der Waals surface area contributed by atoms with Crippen molar-refractivity contribution >= 4 is 40.4 Å². The summed E-state index contributed by atoms with van der Waals surface area (Å²) in [6.07, 6.45) is 0.300. The van der Waals surface area contributed by atoms with Crippen molar-refractivity contribution in [3.8, 4) is 10.6 Å². The maximum absolute atomic E-state index is 11.6. The predicted molar refractivity (Wildman–Crippen MR) is 80.0 cm³/mol. The van der Waals surface area contributed by atoms with E-state index in [1.165, 1.54) is 11.3 Å². The summed E-state index contributed by atoms with van der Waals surface area (Å²) in [6.45, 7) is 0. The third-order valence-corrected chi connectivity index (χ3v) is 4.02. The van der Waals surface area contributed by atoms with Gasteiger partial charge in [0.15, 0.2) is 0 Å². The van der Waals surface area contributed by atoms with Gasteiger partial charge in [0.2, 0.25) is 5.91 Å². The molecule has 0 atom stereocenters. The molecule has 3 nitrogen and oxygen atoms in total. The number of halogens is 2. The Kier molecular flexibility index (Phi) is 4.45. The fourth-order valence-electron chi connectivity index (χ4n) is 1.49. The summed E-state index contributed by atoms with van der Waals surface area (Å²) in [7, 11) is 3.46.